The van der Waals surface area contributed by atoms with E-state index in [-0.39, 0.29) is 46.9 Å². The van der Waals surface area contributed by atoms with Crippen LogP contribution in [0.4, 0.5) is 0 Å². The fourth-order valence-electron chi connectivity index (χ4n) is 4.63. The van der Waals surface area contributed by atoms with E-state index in [4.69, 9.17) is 0 Å². The smallest absolute Gasteiger partial charge is 0.253 e. The van der Waals surface area contributed by atoms with Crippen molar-refractivity contribution in [3.8, 4) is 0 Å². The van der Waals surface area contributed by atoms with Gasteiger partial charge in [-0.2, -0.15) is 5.10 Å². The summed E-state index contributed by atoms with van der Waals surface area (Å²) in [6.07, 6.45) is 4.71. The number of fused-ring (bicyclic) bond motifs is 1. The molecule has 2 aromatic heterocycles. The molecular weight excluding hydrogens is 382 g/mol. The van der Waals surface area contributed by atoms with Gasteiger partial charge in [0.1, 0.15) is 0 Å². The average Bonchev–Trinajstić information content (AvgIpc) is 3.18. The van der Waals surface area contributed by atoms with E-state index in [9.17, 15) is 14.4 Å². The molecule has 3 heterocycles. The molecule has 0 bridgehead atoms. The van der Waals surface area contributed by atoms with Crippen molar-refractivity contribution < 1.29 is 14.4 Å². The van der Waals surface area contributed by atoms with E-state index >= 15 is 0 Å². The van der Waals surface area contributed by atoms with Gasteiger partial charge in [0.2, 0.25) is 11.8 Å². The third-order valence-electron chi connectivity index (χ3n) is 7.03. The quantitative estimate of drug-likeness (QED) is 0.691. The van der Waals surface area contributed by atoms with Crippen molar-refractivity contribution in [3.05, 3.63) is 36.2 Å². The highest BCUT2D eigenvalue weighted by atomic mass is 16.2. The highest BCUT2D eigenvalue weighted by molar-refractivity contribution is 6.00. The first-order valence-electron chi connectivity index (χ1n) is 10.5. The van der Waals surface area contributed by atoms with Gasteiger partial charge >= 0.3 is 0 Å². The number of aromatic nitrogens is 2. The average molecular weight is 412 g/mol. The monoisotopic (exact) mass is 411 g/mol. The Morgan fingerprint density at radius 2 is 2.13 bits per heavy atom. The van der Waals surface area contributed by atoms with Gasteiger partial charge in [-0.15, -0.1) is 0 Å². The maximum Gasteiger partial charge on any atom is 0.253 e. The molecule has 0 spiro atoms. The number of pyridine rings is 1. The fraction of sp³-hybridized carbons (Fsp3) is 0.545. The molecule has 4 rings (SSSR count). The lowest BCUT2D eigenvalue weighted by atomic mass is 9.58. The number of hydrogen-bond donors (Lipinski definition) is 3. The second-order valence-corrected chi connectivity index (χ2v) is 9.20. The van der Waals surface area contributed by atoms with E-state index in [1.807, 2.05) is 25.3 Å². The summed E-state index contributed by atoms with van der Waals surface area (Å²) in [5, 5.41) is 13.2. The molecule has 1 saturated carbocycles. The van der Waals surface area contributed by atoms with Gasteiger partial charge < -0.3 is 16.0 Å². The Kier molecular flexibility index (Phi) is 5.26. The van der Waals surface area contributed by atoms with Crippen LogP contribution < -0.4 is 16.0 Å². The second kappa shape index (κ2) is 7.74. The molecular formula is C22H29N5O3. The normalized spacial score (nSPS) is 27.8. The number of amides is 3. The number of carbonyl (C=O) groups excluding carboxylic acids is 3. The largest absolute Gasteiger partial charge is 0.355 e. The van der Waals surface area contributed by atoms with Crippen molar-refractivity contribution in [1.82, 2.24) is 25.6 Å². The molecule has 8 heteroatoms. The zero-order valence-corrected chi connectivity index (χ0v) is 17.6. The molecule has 30 heavy (non-hydrogen) atoms. The molecule has 3 N–H and O–H groups in total. The molecule has 0 aromatic carbocycles. The second-order valence-electron chi connectivity index (χ2n) is 9.20. The first-order valence-corrected chi connectivity index (χ1v) is 10.5. The number of carbonyl (C=O) groups is 3. The zero-order valence-electron chi connectivity index (χ0n) is 17.6. The summed E-state index contributed by atoms with van der Waals surface area (Å²) in [7, 11) is 0. The fourth-order valence-corrected chi connectivity index (χ4v) is 4.63. The lowest BCUT2D eigenvalue weighted by molar-refractivity contribution is -0.132. The van der Waals surface area contributed by atoms with Crippen LogP contribution in [0.1, 0.15) is 44.0 Å². The van der Waals surface area contributed by atoms with Crippen LogP contribution in [0.25, 0.3) is 5.52 Å². The Hall–Kier alpha value is -2.90. The van der Waals surface area contributed by atoms with Gasteiger partial charge in [0.25, 0.3) is 5.91 Å². The van der Waals surface area contributed by atoms with Gasteiger partial charge in [0, 0.05) is 31.7 Å². The van der Waals surface area contributed by atoms with Crippen LogP contribution in [0, 0.1) is 23.2 Å². The highest BCUT2D eigenvalue weighted by Crippen LogP contribution is 2.46. The van der Waals surface area contributed by atoms with Crippen molar-refractivity contribution in [2.45, 2.75) is 39.7 Å². The predicted octanol–water partition coefficient (Wildman–Crippen LogP) is 1.37. The van der Waals surface area contributed by atoms with Gasteiger partial charge in [-0.05, 0) is 41.9 Å². The number of piperidine rings is 1. The van der Waals surface area contributed by atoms with E-state index < -0.39 is 0 Å². The van der Waals surface area contributed by atoms with Crippen LogP contribution in [0.2, 0.25) is 0 Å². The number of nitrogens with one attached hydrogen (secondary N) is 3. The minimum absolute atomic E-state index is 0.00167. The molecule has 3 amide bonds. The third-order valence-corrected chi connectivity index (χ3v) is 7.03. The molecule has 1 saturated heterocycles. The van der Waals surface area contributed by atoms with Gasteiger partial charge in [-0.1, -0.05) is 20.8 Å². The van der Waals surface area contributed by atoms with Gasteiger partial charge in [0.15, 0.2) is 0 Å². The van der Waals surface area contributed by atoms with Crippen molar-refractivity contribution in [2.24, 2.45) is 23.2 Å². The van der Waals surface area contributed by atoms with Crippen molar-refractivity contribution in [2.75, 3.05) is 13.1 Å². The first kappa shape index (κ1) is 20.4. The maximum atomic E-state index is 12.8. The third kappa shape index (κ3) is 3.66. The highest BCUT2D eigenvalue weighted by Gasteiger charge is 2.49. The van der Waals surface area contributed by atoms with Gasteiger partial charge in [-0.25, -0.2) is 4.52 Å². The van der Waals surface area contributed by atoms with E-state index in [0.29, 0.717) is 25.1 Å². The summed E-state index contributed by atoms with van der Waals surface area (Å²) in [5.41, 5.74) is 1.27. The van der Waals surface area contributed by atoms with E-state index in [0.717, 1.165) is 11.9 Å². The van der Waals surface area contributed by atoms with Crippen molar-refractivity contribution in [3.63, 3.8) is 0 Å². The van der Waals surface area contributed by atoms with Crippen LogP contribution in [-0.2, 0) is 9.59 Å². The Balaban J connectivity index is 1.31. The molecule has 2 fully saturated rings. The molecule has 160 valence electrons. The van der Waals surface area contributed by atoms with Crippen LogP contribution in [0.5, 0.6) is 0 Å². The first-order chi connectivity index (χ1) is 14.3. The topological polar surface area (TPSA) is 105 Å². The van der Waals surface area contributed by atoms with Crippen LogP contribution >= 0.6 is 0 Å². The van der Waals surface area contributed by atoms with Gasteiger partial charge in [0.05, 0.1) is 23.2 Å². The van der Waals surface area contributed by atoms with E-state index in [2.05, 4.69) is 34.9 Å². The van der Waals surface area contributed by atoms with E-state index in [1.54, 1.807) is 16.8 Å². The zero-order chi connectivity index (χ0) is 21.5. The van der Waals surface area contributed by atoms with Crippen molar-refractivity contribution >= 4 is 23.2 Å². The molecule has 1 aliphatic heterocycles. The van der Waals surface area contributed by atoms with Crippen LogP contribution in [0.3, 0.4) is 0 Å². The van der Waals surface area contributed by atoms with Crippen molar-refractivity contribution in [1.29, 1.82) is 0 Å². The molecule has 4 unspecified atom stereocenters. The van der Waals surface area contributed by atoms with Crippen LogP contribution in [-0.4, -0.2) is 46.5 Å². The Morgan fingerprint density at radius 1 is 1.33 bits per heavy atom. The summed E-state index contributed by atoms with van der Waals surface area (Å²) in [5.74, 6) is 0.0541. The summed E-state index contributed by atoms with van der Waals surface area (Å²) in [6.45, 7) is 7.18. The number of nitrogens with zero attached hydrogens (tertiary/aromatic N) is 2. The Morgan fingerprint density at radius 3 is 2.87 bits per heavy atom. The molecule has 0 radical (unpaired) electrons. The number of hydrogen-bond acceptors (Lipinski definition) is 4. The standard InChI is InChI=1S/C22H29N5O3/c1-13-9-19(28)23-12-16(13)20(29)24-11-14-10-18(22(14,2)3)26-21(30)15-5-4-8-27-17(15)6-7-25-27/h4-8,13-14,16,18H,9-12H2,1-3H3,(H,23,28)(H,24,29)(H,26,30). The predicted molar refractivity (Wildman–Crippen MR) is 112 cm³/mol. The summed E-state index contributed by atoms with van der Waals surface area (Å²) >= 11 is 0. The van der Waals surface area contributed by atoms with E-state index in [1.165, 1.54) is 0 Å². The number of rotatable bonds is 5. The molecule has 8 nitrogen and oxygen atoms in total. The molecule has 4 atom stereocenters. The lowest BCUT2D eigenvalue weighted by Gasteiger charge is -2.52. The lowest BCUT2D eigenvalue weighted by Crippen LogP contribution is -2.61. The maximum absolute atomic E-state index is 12.8. The van der Waals surface area contributed by atoms with Gasteiger partial charge in [-0.3, -0.25) is 14.4 Å². The summed E-state index contributed by atoms with van der Waals surface area (Å²) in [6, 6.07) is 5.49. The summed E-state index contributed by atoms with van der Waals surface area (Å²) < 4.78 is 1.69. The Bertz CT molecular complexity index is 982. The molecule has 1 aliphatic carbocycles. The summed E-state index contributed by atoms with van der Waals surface area (Å²) in [4.78, 5) is 36.9. The Labute approximate surface area is 175 Å². The minimum atomic E-state index is -0.183. The molecule has 2 aromatic rings. The van der Waals surface area contributed by atoms with Crippen LogP contribution in [0.15, 0.2) is 30.6 Å². The molecule has 2 aliphatic rings. The SMILES string of the molecule is CC1CC(=O)NCC1C(=O)NCC1CC(NC(=O)c2cccn3nccc23)C1(C)C. The minimum Gasteiger partial charge on any atom is -0.355 e.